The van der Waals surface area contributed by atoms with Gasteiger partial charge < -0.3 is 19.7 Å². The van der Waals surface area contributed by atoms with Crippen LogP contribution in [0.25, 0.3) is 0 Å². The molecule has 1 amide bonds. The lowest BCUT2D eigenvalue weighted by molar-refractivity contribution is -0.310. The van der Waals surface area contributed by atoms with Crippen molar-refractivity contribution < 1.29 is 24.5 Å². The molecular formula is C10H16NO5-. The average molecular weight is 230 g/mol. The third-order valence-corrected chi connectivity index (χ3v) is 2.18. The van der Waals surface area contributed by atoms with Gasteiger partial charge in [-0.25, -0.2) is 4.79 Å². The number of aliphatic carboxylic acids is 1. The van der Waals surface area contributed by atoms with Gasteiger partial charge in [0.15, 0.2) is 0 Å². The Balaban J connectivity index is 2.71. The SMILES string of the molecule is CC(C)(C)OC(=O)N1C[C@H](O)C[C@H]1C(=O)[O-]. The standard InChI is InChI=1S/C10H17NO5/c1-10(2,3)16-9(15)11-5-6(12)4-7(11)8(13)14/h6-7,12H,4-5H2,1-3H3,(H,13,14)/p-1/t6-,7+/m1/s1. The molecule has 16 heavy (non-hydrogen) atoms. The fourth-order valence-corrected chi connectivity index (χ4v) is 1.56. The molecule has 0 saturated carbocycles. The van der Waals surface area contributed by atoms with E-state index in [1.54, 1.807) is 20.8 Å². The maximum atomic E-state index is 11.6. The van der Waals surface area contributed by atoms with Crippen molar-refractivity contribution in [1.82, 2.24) is 4.90 Å². The second-order valence-electron chi connectivity index (χ2n) is 4.86. The van der Waals surface area contributed by atoms with Gasteiger partial charge in [-0.3, -0.25) is 4.90 Å². The van der Waals surface area contributed by atoms with Crippen molar-refractivity contribution in [1.29, 1.82) is 0 Å². The van der Waals surface area contributed by atoms with Gasteiger partial charge >= 0.3 is 6.09 Å². The van der Waals surface area contributed by atoms with Crippen LogP contribution in [0, 0.1) is 0 Å². The number of likely N-dealkylation sites (tertiary alicyclic amines) is 1. The maximum Gasteiger partial charge on any atom is 0.410 e. The molecule has 0 bridgehead atoms. The van der Waals surface area contributed by atoms with E-state index >= 15 is 0 Å². The molecule has 0 aliphatic carbocycles. The summed E-state index contributed by atoms with van der Waals surface area (Å²) in [6.07, 6.45) is -1.59. The molecule has 1 saturated heterocycles. The van der Waals surface area contributed by atoms with Gasteiger partial charge in [-0.05, 0) is 20.8 Å². The topological polar surface area (TPSA) is 89.9 Å². The van der Waals surface area contributed by atoms with Crippen LogP contribution < -0.4 is 5.11 Å². The number of ether oxygens (including phenoxy) is 1. The zero-order valence-electron chi connectivity index (χ0n) is 9.60. The molecule has 92 valence electrons. The molecule has 1 rings (SSSR count). The predicted octanol–water partition coefficient (Wildman–Crippen LogP) is -0.893. The summed E-state index contributed by atoms with van der Waals surface area (Å²) in [7, 11) is 0. The van der Waals surface area contributed by atoms with Crippen LogP contribution >= 0.6 is 0 Å². The smallest absolute Gasteiger partial charge is 0.410 e. The summed E-state index contributed by atoms with van der Waals surface area (Å²) < 4.78 is 5.04. The normalized spacial score (nSPS) is 25.6. The number of carbonyl (C=O) groups is 2. The Hall–Kier alpha value is -1.30. The molecule has 6 nitrogen and oxygen atoms in total. The van der Waals surface area contributed by atoms with Crippen molar-refractivity contribution in [3.05, 3.63) is 0 Å². The summed E-state index contributed by atoms with van der Waals surface area (Å²) >= 11 is 0. The van der Waals surface area contributed by atoms with Crippen LogP contribution in [0.4, 0.5) is 4.79 Å². The van der Waals surface area contributed by atoms with Crippen LogP contribution in [0.5, 0.6) is 0 Å². The Morgan fingerprint density at radius 1 is 1.44 bits per heavy atom. The third kappa shape index (κ3) is 3.10. The number of carboxylic acid groups (broad SMARTS) is 1. The van der Waals surface area contributed by atoms with E-state index in [-0.39, 0.29) is 13.0 Å². The Labute approximate surface area is 93.8 Å². The molecule has 1 heterocycles. The van der Waals surface area contributed by atoms with Crippen LogP contribution in [-0.2, 0) is 9.53 Å². The van der Waals surface area contributed by atoms with Crippen LogP contribution in [0.1, 0.15) is 27.2 Å². The van der Waals surface area contributed by atoms with Gasteiger partial charge in [0.05, 0.1) is 24.7 Å². The van der Waals surface area contributed by atoms with E-state index in [0.717, 1.165) is 4.90 Å². The van der Waals surface area contributed by atoms with Gasteiger partial charge in [0, 0.05) is 6.42 Å². The lowest BCUT2D eigenvalue weighted by atomic mass is 10.2. The number of nitrogens with zero attached hydrogens (tertiary/aromatic N) is 1. The zero-order chi connectivity index (χ0) is 12.5. The largest absolute Gasteiger partial charge is 0.548 e. The van der Waals surface area contributed by atoms with Gasteiger partial charge in [0.2, 0.25) is 0 Å². The van der Waals surface area contributed by atoms with E-state index in [9.17, 15) is 19.8 Å². The molecule has 2 atom stereocenters. The molecule has 0 spiro atoms. The molecule has 0 unspecified atom stereocenters. The number of aliphatic hydroxyl groups excluding tert-OH is 1. The Morgan fingerprint density at radius 2 is 2.00 bits per heavy atom. The summed E-state index contributed by atoms with van der Waals surface area (Å²) in [6.45, 7) is 5.02. The molecule has 1 fully saturated rings. The van der Waals surface area contributed by atoms with Crippen LogP contribution in [0.2, 0.25) is 0 Å². The van der Waals surface area contributed by atoms with Crippen molar-refractivity contribution in [3.8, 4) is 0 Å². The second kappa shape index (κ2) is 4.29. The lowest BCUT2D eigenvalue weighted by Gasteiger charge is -2.28. The zero-order valence-corrected chi connectivity index (χ0v) is 9.60. The fraction of sp³-hybridized carbons (Fsp3) is 0.800. The first-order chi connectivity index (χ1) is 7.20. The summed E-state index contributed by atoms with van der Waals surface area (Å²) in [4.78, 5) is 23.4. The quantitative estimate of drug-likeness (QED) is 0.631. The van der Waals surface area contributed by atoms with Crippen molar-refractivity contribution in [2.75, 3.05) is 6.54 Å². The van der Waals surface area contributed by atoms with E-state index in [2.05, 4.69) is 0 Å². The third-order valence-electron chi connectivity index (χ3n) is 2.18. The van der Waals surface area contributed by atoms with E-state index in [1.807, 2.05) is 0 Å². The minimum absolute atomic E-state index is 0.0123. The first kappa shape index (κ1) is 12.8. The van der Waals surface area contributed by atoms with E-state index in [4.69, 9.17) is 4.74 Å². The highest BCUT2D eigenvalue weighted by molar-refractivity contribution is 5.79. The highest BCUT2D eigenvalue weighted by Crippen LogP contribution is 2.20. The first-order valence-corrected chi connectivity index (χ1v) is 5.09. The van der Waals surface area contributed by atoms with Crippen molar-refractivity contribution >= 4 is 12.1 Å². The molecule has 0 aromatic rings. The number of rotatable bonds is 1. The molecule has 1 aliphatic heterocycles. The monoisotopic (exact) mass is 230 g/mol. The van der Waals surface area contributed by atoms with Crippen molar-refractivity contribution in [2.24, 2.45) is 0 Å². The minimum atomic E-state index is -1.37. The van der Waals surface area contributed by atoms with Gasteiger partial charge in [-0.15, -0.1) is 0 Å². The van der Waals surface area contributed by atoms with Gasteiger partial charge in [-0.2, -0.15) is 0 Å². The van der Waals surface area contributed by atoms with Gasteiger partial charge in [-0.1, -0.05) is 0 Å². The highest BCUT2D eigenvalue weighted by Gasteiger charge is 2.37. The Morgan fingerprint density at radius 3 is 2.44 bits per heavy atom. The van der Waals surface area contributed by atoms with E-state index in [1.165, 1.54) is 0 Å². The summed E-state index contributed by atoms with van der Waals surface area (Å²) in [5, 5.41) is 20.1. The number of aliphatic hydroxyl groups is 1. The highest BCUT2D eigenvalue weighted by atomic mass is 16.6. The van der Waals surface area contributed by atoms with Crippen LogP contribution in [0.3, 0.4) is 0 Å². The Bertz CT molecular complexity index is 296. The first-order valence-electron chi connectivity index (χ1n) is 5.09. The number of hydrogen-bond donors (Lipinski definition) is 1. The molecule has 0 aromatic carbocycles. The molecule has 1 N–H and O–H groups in total. The van der Waals surface area contributed by atoms with Gasteiger partial charge in [0.1, 0.15) is 5.60 Å². The summed E-state index contributed by atoms with van der Waals surface area (Å²) in [5.74, 6) is -1.37. The number of carbonyl (C=O) groups excluding carboxylic acids is 2. The minimum Gasteiger partial charge on any atom is -0.548 e. The molecule has 1 aliphatic rings. The van der Waals surface area contributed by atoms with Gasteiger partial charge in [0.25, 0.3) is 0 Å². The number of hydrogen-bond acceptors (Lipinski definition) is 5. The number of β-amino-alcohol motifs (C(OH)–C–C–N with tert-alkyl or cyclic N) is 1. The molecule has 0 aromatic heterocycles. The van der Waals surface area contributed by atoms with Crippen LogP contribution in [-0.4, -0.2) is 46.4 Å². The van der Waals surface area contributed by atoms with E-state index < -0.39 is 29.8 Å². The number of amides is 1. The molecule has 6 heteroatoms. The molecule has 0 radical (unpaired) electrons. The maximum absolute atomic E-state index is 11.6. The fourth-order valence-electron chi connectivity index (χ4n) is 1.56. The second-order valence-corrected chi connectivity index (χ2v) is 4.86. The lowest BCUT2D eigenvalue weighted by Crippen LogP contribution is -2.48. The molecular weight excluding hydrogens is 214 g/mol. The number of carboxylic acids is 1. The van der Waals surface area contributed by atoms with E-state index in [0.29, 0.717) is 0 Å². The average Bonchev–Trinajstić information content (AvgIpc) is 2.44. The van der Waals surface area contributed by atoms with Crippen molar-refractivity contribution in [3.63, 3.8) is 0 Å². The van der Waals surface area contributed by atoms with Crippen LogP contribution in [0.15, 0.2) is 0 Å². The predicted molar refractivity (Wildman–Crippen MR) is 52.4 cm³/mol. The summed E-state index contributed by atoms with van der Waals surface area (Å²) in [5.41, 5.74) is -0.693. The Kier molecular flexibility index (Phi) is 3.42. The van der Waals surface area contributed by atoms with Crippen molar-refractivity contribution in [2.45, 2.75) is 44.9 Å². The summed E-state index contributed by atoms with van der Waals surface area (Å²) in [6, 6.07) is -1.11.